The second-order valence-electron chi connectivity index (χ2n) is 6.51. The van der Waals surface area contributed by atoms with E-state index in [0.717, 1.165) is 18.4 Å². The highest BCUT2D eigenvalue weighted by molar-refractivity contribution is 7.88. The zero-order chi connectivity index (χ0) is 16.6. The molecule has 1 saturated carbocycles. The van der Waals surface area contributed by atoms with Gasteiger partial charge in [-0.3, -0.25) is 4.79 Å². The molecule has 23 heavy (non-hydrogen) atoms. The maximum Gasteiger partial charge on any atom is 0.213 e. The maximum absolute atomic E-state index is 12.3. The van der Waals surface area contributed by atoms with Crippen molar-refractivity contribution in [3.8, 4) is 0 Å². The minimum absolute atomic E-state index is 0.121. The first-order valence-electron chi connectivity index (χ1n) is 8.11. The van der Waals surface area contributed by atoms with E-state index in [-0.39, 0.29) is 23.8 Å². The predicted octanol–water partition coefficient (Wildman–Crippen LogP) is 2.49. The molecular weight excluding hydrogens is 314 g/mol. The van der Waals surface area contributed by atoms with Gasteiger partial charge in [0.2, 0.25) is 10.0 Å². The van der Waals surface area contributed by atoms with Crippen molar-refractivity contribution in [3.63, 3.8) is 0 Å². The molecule has 3 rings (SSSR count). The summed E-state index contributed by atoms with van der Waals surface area (Å²) < 4.78 is 32.2. The van der Waals surface area contributed by atoms with Gasteiger partial charge in [-0.05, 0) is 25.3 Å². The van der Waals surface area contributed by atoms with Gasteiger partial charge < -0.3 is 4.74 Å². The molecule has 0 bridgehead atoms. The number of ketones is 1. The topological polar surface area (TPSA) is 63.7 Å². The van der Waals surface area contributed by atoms with Gasteiger partial charge in [0.1, 0.15) is 18.1 Å². The van der Waals surface area contributed by atoms with E-state index in [2.05, 4.69) is 0 Å². The fourth-order valence-electron chi connectivity index (χ4n) is 3.76. The fraction of sp³-hybridized carbons (Fsp3) is 0.588. The van der Waals surface area contributed by atoms with Gasteiger partial charge >= 0.3 is 0 Å². The summed E-state index contributed by atoms with van der Waals surface area (Å²) in [6.07, 6.45) is 3.22. The van der Waals surface area contributed by atoms with Gasteiger partial charge in [0.05, 0.1) is 18.2 Å². The standard InChI is InChI=1S/C17H23NO4S/c1-12-16(13-8-4-3-5-9-13)22-17(18(12)23(2,20)21)14-10-6-7-11-15(14)19/h3-5,8-9,12,14,16-17H,6-7,10-11H2,1-2H3/t12-,14+,16-,17-/m0/s1. The lowest BCUT2D eigenvalue weighted by Crippen LogP contribution is -2.46. The molecule has 2 aliphatic rings. The van der Waals surface area contributed by atoms with Crippen molar-refractivity contribution >= 4 is 15.8 Å². The van der Waals surface area contributed by atoms with Crippen LogP contribution in [0, 0.1) is 5.92 Å². The number of ether oxygens (including phenoxy) is 1. The van der Waals surface area contributed by atoms with E-state index in [4.69, 9.17) is 4.74 Å². The van der Waals surface area contributed by atoms with Crippen LogP contribution in [0.5, 0.6) is 0 Å². The van der Waals surface area contributed by atoms with Crippen LogP contribution in [-0.4, -0.2) is 37.0 Å². The van der Waals surface area contributed by atoms with E-state index in [0.29, 0.717) is 12.8 Å². The predicted molar refractivity (Wildman–Crippen MR) is 87.2 cm³/mol. The number of rotatable bonds is 3. The Balaban J connectivity index is 1.95. The minimum Gasteiger partial charge on any atom is -0.352 e. The van der Waals surface area contributed by atoms with Crippen LogP contribution in [0.25, 0.3) is 0 Å². The van der Waals surface area contributed by atoms with Gasteiger partial charge in [0, 0.05) is 6.42 Å². The molecule has 1 aliphatic carbocycles. The van der Waals surface area contributed by atoms with E-state index in [1.807, 2.05) is 37.3 Å². The number of hydrogen-bond donors (Lipinski definition) is 0. The average molecular weight is 337 g/mol. The summed E-state index contributed by atoms with van der Waals surface area (Å²) in [6, 6.07) is 9.29. The van der Waals surface area contributed by atoms with E-state index < -0.39 is 16.3 Å². The smallest absolute Gasteiger partial charge is 0.213 e. The molecule has 2 fully saturated rings. The third kappa shape index (κ3) is 3.20. The van der Waals surface area contributed by atoms with Crippen molar-refractivity contribution in [2.24, 2.45) is 5.92 Å². The largest absolute Gasteiger partial charge is 0.352 e. The normalized spacial score (nSPS) is 33.0. The Hall–Kier alpha value is -1.24. The number of benzene rings is 1. The van der Waals surface area contributed by atoms with Gasteiger partial charge in [-0.1, -0.05) is 36.8 Å². The number of carbonyl (C=O) groups is 1. The fourth-order valence-corrected chi connectivity index (χ4v) is 5.05. The molecule has 0 aromatic heterocycles. The Kier molecular flexibility index (Phi) is 4.58. The quantitative estimate of drug-likeness (QED) is 0.850. The molecule has 1 aliphatic heterocycles. The molecule has 5 nitrogen and oxygen atoms in total. The SMILES string of the molecule is C[C@H]1[C@@H](c2ccccc2)O[C@@H]([C@@H]2CCCCC2=O)N1S(C)(=O)=O. The summed E-state index contributed by atoms with van der Waals surface area (Å²) in [5.41, 5.74) is 0.944. The Labute approximate surface area is 137 Å². The summed E-state index contributed by atoms with van der Waals surface area (Å²) in [7, 11) is -3.46. The molecule has 0 radical (unpaired) electrons. The monoisotopic (exact) mass is 337 g/mol. The molecule has 1 heterocycles. The second-order valence-corrected chi connectivity index (χ2v) is 8.40. The first kappa shape index (κ1) is 16.6. The number of Topliss-reactive ketones (excluding diaryl/α,β-unsaturated/α-hetero) is 1. The minimum atomic E-state index is -3.46. The Morgan fingerprint density at radius 3 is 2.48 bits per heavy atom. The third-order valence-corrected chi connectivity index (χ3v) is 6.14. The molecule has 0 spiro atoms. The lowest BCUT2D eigenvalue weighted by Gasteiger charge is -2.31. The van der Waals surface area contributed by atoms with Crippen molar-refractivity contribution in [2.75, 3.05) is 6.26 Å². The molecule has 0 unspecified atom stereocenters. The van der Waals surface area contributed by atoms with E-state index in [1.54, 1.807) is 0 Å². The zero-order valence-electron chi connectivity index (χ0n) is 13.5. The number of carbonyl (C=O) groups excluding carboxylic acids is 1. The summed E-state index contributed by atoms with van der Waals surface area (Å²) in [5, 5.41) is 0. The van der Waals surface area contributed by atoms with Gasteiger partial charge in [-0.25, -0.2) is 8.42 Å². The first-order chi connectivity index (χ1) is 10.9. The Bertz CT molecular complexity index is 673. The highest BCUT2D eigenvalue weighted by Gasteiger charge is 2.50. The van der Waals surface area contributed by atoms with Crippen LogP contribution in [0.1, 0.15) is 44.3 Å². The molecule has 6 heteroatoms. The number of sulfonamides is 1. The van der Waals surface area contributed by atoms with Crippen molar-refractivity contribution < 1.29 is 17.9 Å². The van der Waals surface area contributed by atoms with E-state index >= 15 is 0 Å². The third-order valence-electron chi connectivity index (χ3n) is 4.83. The Morgan fingerprint density at radius 2 is 1.87 bits per heavy atom. The van der Waals surface area contributed by atoms with E-state index in [9.17, 15) is 13.2 Å². The highest BCUT2D eigenvalue weighted by atomic mass is 32.2. The van der Waals surface area contributed by atoms with Crippen LogP contribution >= 0.6 is 0 Å². The summed E-state index contributed by atoms with van der Waals surface area (Å²) in [4.78, 5) is 12.3. The van der Waals surface area contributed by atoms with Gasteiger partial charge in [0.15, 0.2) is 0 Å². The van der Waals surface area contributed by atoms with Crippen LogP contribution < -0.4 is 0 Å². The van der Waals surface area contributed by atoms with Crippen LogP contribution in [-0.2, 0) is 19.6 Å². The zero-order valence-corrected chi connectivity index (χ0v) is 14.3. The second kappa shape index (κ2) is 6.34. The van der Waals surface area contributed by atoms with Crippen molar-refractivity contribution in [1.29, 1.82) is 0 Å². The van der Waals surface area contributed by atoms with Crippen molar-refractivity contribution in [3.05, 3.63) is 35.9 Å². The van der Waals surface area contributed by atoms with Gasteiger partial charge in [0.25, 0.3) is 0 Å². The summed E-state index contributed by atoms with van der Waals surface area (Å²) in [6.45, 7) is 1.85. The lowest BCUT2D eigenvalue weighted by atomic mass is 9.86. The molecule has 0 N–H and O–H groups in total. The van der Waals surface area contributed by atoms with Gasteiger partial charge in [-0.15, -0.1) is 0 Å². The maximum atomic E-state index is 12.3. The van der Waals surface area contributed by atoms with Crippen molar-refractivity contribution in [1.82, 2.24) is 4.31 Å². The molecule has 0 amide bonds. The molecule has 1 saturated heterocycles. The first-order valence-corrected chi connectivity index (χ1v) is 9.96. The van der Waals surface area contributed by atoms with Crippen molar-refractivity contribution in [2.45, 2.75) is 51.0 Å². The summed E-state index contributed by atoms with van der Waals surface area (Å²) >= 11 is 0. The molecular formula is C17H23NO4S. The van der Waals surface area contributed by atoms with E-state index in [1.165, 1.54) is 10.6 Å². The molecule has 126 valence electrons. The van der Waals surface area contributed by atoms with Gasteiger partial charge in [-0.2, -0.15) is 4.31 Å². The average Bonchev–Trinajstić information content (AvgIpc) is 2.86. The lowest BCUT2D eigenvalue weighted by molar-refractivity contribution is -0.132. The molecule has 1 aromatic rings. The van der Waals surface area contributed by atoms with Crippen LogP contribution in [0.15, 0.2) is 30.3 Å². The number of nitrogens with zero attached hydrogens (tertiary/aromatic N) is 1. The van der Waals surface area contributed by atoms with Crippen LogP contribution in [0.4, 0.5) is 0 Å². The Morgan fingerprint density at radius 1 is 1.17 bits per heavy atom. The van der Waals surface area contributed by atoms with Crippen LogP contribution in [0.2, 0.25) is 0 Å². The number of hydrogen-bond acceptors (Lipinski definition) is 4. The summed E-state index contributed by atoms with van der Waals surface area (Å²) in [5.74, 6) is -0.231. The highest BCUT2D eigenvalue weighted by Crippen LogP contribution is 2.41. The molecule has 4 atom stereocenters. The van der Waals surface area contributed by atoms with Crippen LogP contribution in [0.3, 0.4) is 0 Å². The molecule has 1 aromatic carbocycles.